The number of carbonyl (C=O) groups excluding carboxylic acids is 5. The minimum absolute atomic E-state index is 0.130. The molecule has 0 aliphatic carbocycles. The van der Waals surface area contributed by atoms with Gasteiger partial charge in [0.25, 0.3) is 0 Å². The third kappa shape index (κ3) is 12.4. The molecule has 14 N–H and O–H groups in total. The number of rotatable bonds is 16. The SMILES string of the molecule is NC(=O)CC(NC(=O)C(N)CCCN=C(N)N)C(=O)NC(CC(N)=O)C(=O)NC(CS)C(=O)O. The van der Waals surface area contributed by atoms with Crippen LogP contribution < -0.4 is 44.6 Å². The molecule has 5 amide bonds. The van der Waals surface area contributed by atoms with Gasteiger partial charge in [-0.05, 0) is 12.8 Å². The lowest BCUT2D eigenvalue weighted by molar-refractivity contribution is -0.142. The number of nitrogens with two attached hydrogens (primary N) is 5. The summed E-state index contributed by atoms with van der Waals surface area (Å²) in [6.07, 6.45) is -0.869. The second-order valence-corrected chi connectivity index (χ2v) is 7.47. The van der Waals surface area contributed by atoms with Crippen LogP contribution in [-0.2, 0) is 28.8 Å². The Balaban J connectivity index is 5.35. The van der Waals surface area contributed by atoms with Gasteiger partial charge in [-0.1, -0.05) is 0 Å². The van der Waals surface area contributed by atoms with E-state index in [-0.39, 0.29) is 24.7 Å². The van der Waals surface area contributed by atoms with E-state index in [9.17, 15) is 28.8 Å². The van der Waals surface area contributed by atoms with Crippen LogP contribution >= 0.6 is 12.6 Å². The number of carboxylic acids is 1. The molecule has 16 nitrogen and oxygen atoms in total. The standard InChI is InChI=1S/C17H31N9O7S/c18-7(2-1-3-23-17(21)22)13(29)24-8(4-11(19)27)14(30)25-9(5-12(20)28)15(31)26-10(6-34)16(32)33/h7-10,34H,1-6,18H2,(H2,19,27)(H2,20,28)(H,24,29)(H,25,30)(H,26,31)(H,32,33)(H4,21,22,23). The number of carboxylic acid groups (broad SMARTS) is 1. The zero-order valence-electron chi connectivity index (χ0n) is 18.2. The number of guanidine groups is 1. The molecule has 0 aliphatic rings. The summed E-state index contributed by atoms with van der Waals surface area (Å²) in [7, 11) is 0. The van der Waals surface area contributed by atoms with Gasteiger partial charge in [0.15, 0.2) is 5.96 Å². The predicted octanol–water partition coefficient (Wildman–Crippen LogP) is -5.41. The lowest BCUT2D eigenvalue weighted by Crippen LogP contribution is -2.58. The topological polar surface area (TPSA) is 301 Å². The summed E-state index contributed by atoms with van der Waals surface area (Å²) in [6.45, 7) is 0.210. The van der Waals surface area contributed by atoms with Crippen molar-refractivity contribution in [2.24, 2.45) is 33.7 Å². The third-order valence-electron chi connectivity index (χ3n) is 4.18. The lowest BCUT2D eigenvalue weighted by Gasteiger charge is -2.24. The number of hydrogen-bond donors (Lipinski definition) is 10. The molecule has 4 atom stereocenters. The quantitative estimate of drug-likeness (QED) is 0.0410. The fraction of sp³-hybridized carbons (Fsp3) is 0.588. The summed E-state index contributed by atoms with van der Waals surface area (Å²) in [5, 5.41) is 15.5. The molecule has 0 aliphatic heterocycles. The summed E-state index contributed by atoms with van der Waals surface area (Å²) >= 11 is 3.80. The van der Waals surface area contributed by atoms with Gasteiger partial charge in [-0.25, -0.2) is 4.79 Å². The largest absolute Gasteiger partial charge is 0.480 e. The van der Waals surface area contributed by atoms with Gasteiger partial charge >= 0.3 is 5.97 Å². The smallest absolute Gasteiger partial charge is 0.327 e. The van der Waals surface area contributed by atoms with Gasteiger partial charge in [-0.15, -0.1) is 0 Å². The number of aliphatic imine (C=N–C) groups is 1. The van der Waals surface area contributed by atoms with Gasteiger partial charge in [0.2, 0.25) is 29.5 Å². The van der Waals surface area contributed by atoms with E-state index in [4.69, 9.17) is 33.8 Å². The molecule has 0 heterocycles. The molecule has 0 aromatic carbocycles. The molecule has 17 heteroatoms. The van der Waals surface area contributed by atoms with E-state index in [1.165, 1.54) is 0 Å². The van der Waals surface area contributed by atoms with Crippen molar-refractivity contribution in [3.05, 3.63) is 0 Å². The summed E-state index contributed by atoms with van der Waals surface area (Å²) in [5.41, 5.74) is 26.4. The molecule has 0 fully saturated rings. The Labute approximate surface area is 200 Å². The van der Waals surface area contributed by atoms with Crippen LogP contribution in [0.1, 0.15) is 25.7 Å². The van der Waals surface area contributed by atoms with E-state index in [2.05, 4.69) is 33.6 Å². The lowest BCUT2D eigenvalue weighted by atomic mass is 10.1. The fourth-order valence-corrected chi connectivity index (χ4v) is 2.73. The van der Waals surface area contributed by atoms with Gasteiger partial charge < -0.3 is 49.7 Å². The monoisotopic (exact) mass is 505 g/mol. The van der Waals surface area contributed by atoms with Crippen LogP contribution in [0, 0.1) is 0 Å². The number of primary amides is 2. The number of thiol groups is 1. The highest BCUT2D eigenvalue weighted by atomic mass is 32.1. The molecule has 0 spiro atoms. The molecule has 4 unspecified atom stereocenters. The molecular formula is C17H31N9O7S. The number of nitrogens with zero attached hydrogens (tertiary/aromatic N) is 1. The number of amides is 5. The Hall–Kier alpha value is -3.60. The van der Waals surface area contributed by atoms with Gasteiger partial charge in [0, 0.05) is 12.3 Å². The minimum Gasteiger partial charge on any atom is -0.480 e. The van der Waals surface area contributed by atoms with Crippen LogP contribution in [0.15, 0.2) is 4.99 Å². The molecule has 0 aromatic rings. The predicted molar refractivity (Wildman–Crippen MR) is 123 cm³/mol. The molecule has 0 saturated heterocycles. The first kappa shape index (κ1) is 30.4. The number of carbonyl (C=O) groups is 6. The Morgan fingerprint density at radius 1 is 0.794 bits per heavy atom. The van der Waals surface area contributed by atoms with Crippen molar-refractivity contribution in [3.8, 4) is 0 Å². The molecule has 0 bridgehead atoms. The first-order chi connectivity index (χ1) is 15.8. The molecule has 0 aromatic heterocycles. The minimum atomic E-state index is -1.60. The van der Waals surface area contributed by atoms with E-state index in [1.54, 1.807) is 0 Å². The van der Waals surface area contributed by atoms with Crippen LogP contribution in [0.5, 0.6) is 0 Å². The Bertz CT molecular complexity index is 804. The van der Waals surface area contributed by atoms with E-state index in [0.717, 1.165) is 0 Å². The maximum absolute atomic E-state index is 12.7. The fourth-order valence-electron chi connectivity index (χ4n) is 2.48. The third-order valence-corrected chi connectivity index (χ3v) is 4.54. The highest BCUT2D eigenvalue weighted by Crippen LogP contribution is 2.02. The molecule has 34 heavy (non-hydrogen) atoms. The van der Waals surface area contributed by atoms with Crippen LogP contribution in [0.3, 0.4) is 0 Å². The van der Waals surface area contributed by atoms with Crippen LogP contribution in [0.2, 0.25) is 0 Å². The van der Waals surface area contributed by atoms with E-state index in [0.29, 0.717) is 6.42 Å². The first-order valence-electron chi connectivity index (χ1n) is 9.90. The normalized spacial score (nSPS) is 13.9. The van der Waals surface area contributed by atoms with Crippen molar-refractivity contribution < 1.29 is 33.9 Å². The summed E-state index contributed by atoms with van der Waals surface area (Å²) in [5.74, 6) is -6.67. The average molecular weight is 506 g/mol. The van der Waals surface area contributed by atoms with Crippen molar-refractivity contribution in [1.29, 1.82) is 0 Å². The molecule has 0 saturated carbocycles. The van der Waals surface area contributed by atoms with Gasteiger partial charge in [-0.2, -0.15) is 12.6 Å². The Morgan fingerprint density at radius 2 is 1.24 bits per heavy atom. The number of hydrogen-bond acceptors (Lipinski definition) is 9. The summed E-state index contributed by atoms with van der Waals surface area (Å²) < 4.78 is 0. The van der Waals surface area contributed by atoms with Crippen molar-refractivity contribution in [1.82, 2.24) is 16.0 Å². The summed E-state index contributed by atoms with van der Waals surface area (Å²) in [6, 6.07) is -5.65. The Kier molecular flexibility index (Phi) is 13.7. The zero-order valence-corrected chi connectivity index (χ0v) is 19.1. The van der Waals surface area contributed by atoms with Crippen molar-refractivity contribution in [3.63, 3.8) is 0 Å². The number of nitrogens with one attached hydrogen (secondary N) is 3. The second kappa shape index (κ2) is 15.3. The molecular weight excluding hydrogens is 474 g/mol. The zero-order chi connectivity index (χ0) is 26.4. The van der Waals surface area contributed by atoms with Crippen molar-refractivity contribution in [2.45, 2.75) is 49.9 Å². The maximum Gasteiger partial charge on any atom is 0.327 e. The maximum atomic E-state index is 12.7. The summed E-state index contributed by atoms with van der Waals surface area (Å²) in [4.78, 5) is 75.0. The van der Waals surface area contributed by atoms with Crippen molar-refractivity contribution in [2.75, 3.05) is 12.3 Å². The molecule has 0 radical (unpaired) electrons. The van der Waals surface area contributed by atoms with Gasteiger partial charge in [0.1, 0.15) is 18.1 Å². The van der Waals surface area contributed by atoms with Crippen LogP contribution in [0.25, 0.3) is 0 Å². The van der Waals surface area contributed by atoms with Crippen molar-refractivity contribution >= 4 is 54.1 Å². The van der Waals surface area contributed by atoms with E-state index in [1.807, 2.05) is 0 Å². The van der Waals surface area contributed by atoms with E-state index >= 15 is 0 Å². The molecule has 0 rings (SSSR count). The average Bonchev–Trinajstić information content (AvgIpc) is 2.72. The van der Waals surface area contributed by atoms with E-state index < -0.39 is 72.5 Å². The highest BCUT2D eigenvalue weighted by molar-refractivity contribution is 7.80. The van der Waals surface area contributed by atoms with Crippen LogP contribution in [-0.4, -0.2) is 83.0 Å². The first-order valence-corrected chi connectivity index (χ1v) is 10.5. The van der Waals surface area contributed by atoms with Gasteiger partial charge in [0.05, 0.1) is 18.9 Å². The number of aliphatic carboxylic acids is 1. The van der Waals surface area contributed by atoms with Gasteiger partial charge in [-0.3, -0.25) is 29.0 Å². The Morgan fingerprint density at radius 3 is 1.62 bits per heavy atom. The second-order valence-electron chi connectivity index (χ2n) is 7.10. The highest BCUT2D eigenvalue weighted by Gasteiger charge is 2.31. The molecule has 192 valence electrons. The van der Waals surface area contributed by atoms with Crippen LogP contribution in [0.4, 0.5) is 0 Å².